The van der Waals surface area contributed by atoms with Crippen LogP contribution >= 0.6 is 0 Å². The molecule has 1 aliphatic heterocycles. The minimum absolute atomic E-state index is 0.115. The number of amides is 1. The van der Waals surface area contributed by atoms with Crippen LogP contribution < -0.4 is 10.1 Å². The van der Waals surface area contributed by atoms with Crippen molar-refractivity contribution in [3.63, 3.8) is 0 Å². The predicted octanol–water partition coefficient (Wildman–Crippen LogP) is 2.47. The van der Waals surface area contributed by atoms with Crippen molar-refractivity contribution in [1.82, 2.24) is 15.2 Å². The molecule has 0 spiro atoms. The highest BCUT2D eigenvalue weighted by Crippen LogP contribution is 2.16. The summed E-state index contributed by atoms with van der Waals surface area (Å²) in [5.41, 5.74) is 0.495. The van der Waals surface area contributed by atoms with Gasteiger partial charge in [0.1, 0.15) is 5.56 Å². The first kappa shape index (κ1) is 16.7. The van der Waals surface area contributed by atoms with Gasteiger partial charge in [0.25, 0.3) is 5.91 Å². The van der Waals surface area contributed by atoms with Crippen molar-refractivity contribution in [3.05, 3.63) is 23.9 Å². The van der Waals surface area contributed by atoms with Crippen molar-refractivity contribution >= 4 is 5.91 Å². The van der Waals surface area contributed by atoms with Crippen LogP contribution in [-0.2, 0) is 0 Å². The lowest BCUT2D eigenvalue weighted by atomic mass is 10.0. The van der Waals surface area contributed by atoms with Crippen molar-refractivity contribution < 1.29 is 9.53 Å². The number of methoxy groups -OCH3 is 1. The van der Waals surface area contributed by atoms with E-state index in [1.165, 1.54) is 32.9 Å². The number of pyridine rings is 1. The number of likely N-dealkylation sites (tertiary alicyclic amines) is 1. The lowest BCUT2D eigenvalue weighted by molar-refractivity contribution is 0.0947. The van der Waals surface area contributed by atoms with Gasteiger partial charge >= 0.3 is 0 Å². The van der Waals surface area contributed by atoms with Crippen LogP contribution in [0.4, 0.5) is 0 Å². The van der Waals surface area contributed by atoms with E-state index in [9.17, 15) is 4.79 Å². The van der Waals surface area contributed by atoms with E-state index in [2.05, 4.69) is 22.1 Å². The van der Waals surface area contributed by atoms with Gasteiger partial charge in [-0.3, -0.25) is 4.79 Å². The van der Waals surface area contributed by atoms with E-state index < -0.39 is 0 Å². The Hall–Kier alpha value is -1.62. The van der Waals surface area contributed by atoms with Gasteiger partial charge in [0.15, 0.2) is 0 Å². The summed E-state index contributed by atoms with van der Waals surface area (Å²) in [6.07, 6.45) is 7.74. The highest BCUT2D eigenvalue weighted by atomic mass is 16.5. The molecule has 0 bridgehead atoms. The molecule has 1 unspecified atom stereocenters. The highest BCUT2D eigenvalue weighted by Gasteiger charge is 2.17. The van der Waals surface area contributed by atoms with E-state index in [-0.39, 0.29) is 5.91 Å². The topological polar surface area (TPSA) is 54.5 Å². The van der Waals surface area contributed by atoms with Crippen LogP contribution in [-0.4, -0.2) is 48.6 Å². The van der Waals surface area contributed by atoms with Crippen LogP contribution in [0.1, 0.15) is 49.4 Å². The fraction of sp³-hybridized carbons (Fsp3) is 0.647. The molecule has 1 atom stereocenters. The Kier molecular flexibility index (Phi) is 6.65. The Morgan fingerprint density at radius 1 is 1.45 bits per heavy atom. The summed E-state index contributed by atoms with van der Waals surface area (Å²) in [4.78, 5) is 18.7. The Labute approximate surface area is 133 Å². The Balaban J connectivity index is 1.67. The zero-order valence-corrected chi connectivity index (χ0v) is 13.7. The normalized spacial score (nSPS) is 18.9. The average Bonchev–Trinajstić information content (AvgIpc) is 2.56. The quantitative estimate of drug-likeness (QED) is 0.786. The summed E-state index contributed by atoms with van der Waals surface area (Å²) in [5.74, 6) is 0.262. The first-order valence-corrected chi connectivity index (χ1v) is 8.23. The van der Waals surface area contributed by atoms with Gasteiger partial charge in [0, 0.05) is 18.8 Å². The third kappa shape index (κ3) is 4.70. The number of hydrogen-bond donors (Lipinski definition) is 1. The van der Waals surface area contributed by atoms with Crippen molar-refractivity contribution in [3.8, 4) is 5.88 Å². The van der Waals surface area contributed by atoms with E-state index in [0.717, 1.165) is 19.4 Å². The van der Waals surface area contributed by atoms with Gasteiger partial charge in [-0.15, -0.1) is 0 Å². The van der Waals surface area contributed by atoms with Gasteiger partial charge in [0.2, 0.25) is 5.88 Å². The Morgan fingerprint density at radius 3 is 3.09 bits per heavy atom. The standard InChI is InChI=1S/C17H27N3O2/c1-14-8-3-5-12-20(14)13-6-4-10-18-16(21)15-9-7-11-19-17(15)22-2/h7,9,11,14H,3-6,8,10,12-13H2,1-2H3,(H,18,21). The zero-order valence-electron chi connectivity index (χ0n) is 13.7. The highest BCUT2D eigenvalue weighted by molar-refractivity contribution is 5.96. The van der Waals surface area contributed by atoms with Crippen molar-refractivity contribution in [2.24, 2.45) is 0 Å². The lowest BCUT2D eigenvalue weighted by Gasteiger charge is -2.33. The number of carbonyl (C=O) groups excluding carboxylic acids is 1. The molecule has 1 N–H and O–H groups in total. The molecule has 1 aromatic heterocycles. The summed E-state index contributed by atoms with van der Waals surface area (Å²) >= 11 is 0. The number of carbonyl (C=O) groups is 1. The molecule has 1 aromatic rings. The first-order chi connectivity index (χ1) is 10.7. The molecule has 5 heteroatoms. The average molecular weight is 305 g/mol. The van der Waals surface area contributed by atoms with Crippen molar-refractivity contribution in [2.75, 3.05) is 26.7 Å². The van der Waals surface area contributed by atoms with Crippen LogP contribution in [0, 0.1) is 0 Å². The summed E-state index contributed by atoms with van der Waals surface area (Å²) in [5, 5.41) is 2.95. The summed E-state index contributed by atoms with van der Waals surface area (Å²) in [6, 6.07) is 4.19. The minimum atomic E-state index is -0.115. The Morgan fingerprint density at radius 2 is 2.32 bits per heavy atom. The molecule has 2 rings (SSSR count). The molecule has 22 heavy (non-hydrogen) atoms. The largest absolute Gasteiger partial charge is 0.480 e. The molecule has 122 valence electrons. The third-order valence-electron chi connectivity index (χ3n) is 4.31. The lowest BCUT2D eigenvalue weighted by Crippen LogP contribution is -2.38. The SMILES string of the molecule is COc1ncccc1C(=O)NCCCCN1CCCCC1C. The third-order valence-corrected chi connectivity index (χ3v) is 4.31. The van der Waals surface area contributed by atoms with E-state index in [1.807, 2.05) is 0 Å². The summed E-state index contributed by atoms with van der Waals surface area (Å²) in [7, 11) is 1.53. The number of ether oxygens (including phenoxy) is 1. The van der Waals surface area contributed by atoms with Gasteiger partial charge < -0.3 is 15.0 Å². The summed E-state index contributed by atoms with van der Waals surface area (Å²) in [6.45, 7) is 5.36. The number of unbranched alkanes of at least 4 members (excludes halogenated alkanes) is 1. The first-order valence-electron chi connectivity index (χ1n) is 8.23. The molecule has 2 heterocycles. The fourth-order valence-corrected chi connectivity index (χ4v) is 2.95. The molecule has 1 fully saturated rings. The maximum absolute atomic E-state index is 12.1. The molecule has 1 amide bonds. The van der Waals surface area contributed by atoms with E-state index >= 15 is 0 Å². The van der Waals surface area contributed by atoms with E-state index in [1.54, 1.807) is 18.3 Å². The molecule has 1 saturated heterocycles. The fourth-order valence-electron chi connectivity index (χ4n) is 2.95. The van der Waals surface area contributed by atoms with Gasteiger partial charge in [-0.25, -0.2) is 4.98 Å². The summed E-state index contributed by atoms with van der Waals surface area (Å²) < 4.78 is 5.11. The molecular formula is C17H27N3O2. The van der Waals surface area contributed by atoms with Crippen LogP contribution in [0.2, 0.25) is 0 Å². The number of aromatic nitrogens is 1. The van der Waals surface area contributed by atoms with Gasteiger partial charge in [-0.1, -0.05) is 6.42 Å². The predicted molar refractivity (Wildman–Crippen MR) is 87.2 cm³/mol. The molecule has 1 aliphatic rings. The van der Waals surface area contributed by atoms with Crippen molar-refractivity contribution in [2.45, 2.75) is 45.1 Å². The monoisotopic (exact) mass is 305 g/mol. The van der Waals surface area contributed by atoms with E-state index in [0.29, 0.717) is 24.0 Å². The number of hydrogen-bond acceptors (Lipinski definition) is 4. The molecule has 5 nitrogen and oxygen atoms in total. The molecular weight excluding hydrogens is 278 g/mol. The Bertz CT molecular complexity index is 479. The number of nitrogens with zero attached hydrogens (tertiary/aromatic N) is 2. The second-order valence-electron chi connectivity index (χ2n) is 5.90. The molecule has 0 radical (unpaired) electrons. The van der Waals surface area contributed by atoms with Gasteiger partial charge in [-0.2, -0.15) is 0 Å². The number of piperidine rings is 1. The minimum Gasteiger partial charge on any atom is -0.480 e. The maximum Gasteiger partial charge on any atom is 0.256 e. The van der Waals surface area contributed by atoms with Crippen LogP contribution in [0.3, 0.4) is 0 Å². The van der Waals surface area contributed by atoms with Crippen LogP contribution in [0.15, 0.2) is 18.3 Å². The van der Waals surface area contributed by atoms with E-state index in [4.69, 9.17) is 4.74 Å². The van der Waals surface area contributed by atoms with Crippen molar-refractivity contribution in [1.29, 1.82) is 0 Å². The van der Waals surface area contributed by atoms with Crippen LogP contribution in [0.5, 0.6) is 5.88 Å². The van der Waals surface area contributed by atoms with Gasteiger partial charge in [0.05, 0.1) is 7.11 Å². The smallest absolute Gasteiger partial charge is 0.256 e. The second-order valence-corrected chi connectivity index (χ2v) is 5.90. The molecule has 0 aromatic carbocycles. The van der Waals surface area contributed by atoms with Gasteiger partial charge in [-0.05, 0) is 57.8 Å². The molecule has 0 saturated carbocycles. The zero-order chi connectivity index (χ0) is 15.8. The van der Waals surface area contributed by atoms with Crippen LogP contribution in [0.25, 0.3) is 0 Å². The maximum atomic E-state index is 12.1. The molecule has 0 aliphatic carbocycles. The number of nitrogens with one attached hydrogen (secondary N) is 1. The second kappa shape index (κ2) is 8.73. The number of rotatable bonds is 7.